The zero-order chi connectivity index (χ0) is 11.7. The average molecular weight is 223 g/mol. The van der Waals surface area contributed by atoms with Crippen LogP contribution in [0.2, 0.25) is 0 Å². The molecule has 2 atom stereocenters. The highest BCUT2D eigenvalue weighted by Gasteiger charge is 2.46. The highest BCUT2D eigenvalue weighted by atomic mass is 19.1. The van der Waals surface area contributed by atoms with Crippen LogP contribution >= 0.6 is 0 Å². The number of carbonyl (C=O) groups excluding carboxylic acids is 1. The number of nitrogens with zero attached hydrogens (tertiary/aromatic N) is 1. The molecule has 0 unspecified atom stereocenters. The summed E-state index contributed by atoms with van der Waals surface area (Å²) >= 11 is 0. The maximum atomic E-state index is 13.4. The molecule has 0 aliphatic heterocycles. The number of hydrogen-bond donors (Lipinski definition) is 0. The van der Waals surface area contributed by atoms with Crippen LogP contribution in [0.3, 0.4) is 0 Å². The minimum atomic E-state index is -0.233. The van der Waals surface area contributed by atoms with E-state index in [0.29, 0.717) is 12.0 Å². The summed E-state index contributed by atoms with van der Waals surface area (Å²) < 4.78 is 13.4. The van der Waals surface area contributed by atoms with Crippen molar-refractivity contribution in [2.45, 2.75) is 12.3 Å². The van der Waals surface area contributed by atoms with Gasteiger partial charge in [-0.15, -0.1) is 0 Å². The van der Waals surface area contributed by atoms with E-state index in [-0.39, 0.29) is 23.6 Å². The van der Waals surface area contributed by atoms with E-state index in [1.807, 2.05) is 0 Å². The van der Waals surface area contributed by atoms with Crippen LogP contribution in [0.25, 0.3) is 0 Å². The average Bonchev–Trinajstić information content (AvgIpc) is 3.07. The molecular weight excluding hydrogens is 209 g/mol. The third-order valence-electron chi connectivity index (χ3n) is 3.00. The minimum absolute atomic E-state index is 0.00583. The highest BCUT2D eigenvalue weighted by molar-refractivity contribution is 5.81. The molecule has 0 aromatic heterocycles. The van der Waals surface area contributed by atoms with Gasteiger partial charge in [0.25, 0.3) is 0 Å². The first kappa shape index (κ1) is 11.1. The standard InChI is InChI=1S/C12H14FNO2/c1-14(16-2)12(15)10-7-9(10)8-5-3-4-6-11(8)13/h3-6,9-10H,7H2,1-2H3/t9-,10+/m1/s1. The second-order valence-corrected chi connectivity index (χ2v) is 3.99. The quantitative estimate of drug-likeness (QED) is 0.733. The molecule has 86 valence electrons. The molecule has 1 aromatic carbocycles. The first-order valence-electron chi connectivity index (χ1n) is 5.21. The molecule has 1 aliphatic carbocycles. The van der Waals surface area contributed by atoms with Crippen molar-refractivity contribution in [2.75, 3.05) is 14.2 Å². The van der Waals surface area contributed by atoms with Crippen LogP contribution in [0.1, 0.15) is 17.9 Å². The van der Waals surface area contributed by atoms with E-state index in [1.165, 1.54) is 18.2 Å². The Hall–Kier alpha value is -1.42. The number of amides is 1. The largest absolute Gasteiger partial charge is 0.275 e. The summed E-state index contributed by atoms with van der Waals surface area (Å²) in [6.45, 7) is 0. The third-order valence-corrected chi connectivity index (χ3v) is 3.00. The lowest BCUT2D eigenvalue weighted by Crippen LogP contribution is -2.27. The molecule has 0 spiro atoms. The summed E-state index contributed by atoms with van der Waals surface area (Å²) in [5.74, 6) is -0.452. The Kier molecular flexibility index (Phi) is 2.92. The number of hydrogen-bond acceptors (Lipinski definition) is 2. The van der Waals surface area contributed by atoms with Gasteiger partial charge in [0.2, 0.25) is 5.91 Å². The molecule has 1 aliphatic rings. The van der Waals surface area contributed by atoms with Gasteiger partial charge in [-0.25, -0.2) is 9.45 Å². The zero-order valence-electron chi connectivity index (χ0n) is 9.31. The van der Waals surface area contributed by atoms with Gasteiger partial charge in [-0.1, -0.05) is 18.2 Å². The Bertz CT molecular complexity index is 408. The fourth-order valence-corrected chi connectivity index (χ4v) is 1.91. The Labute approximate surface area is 93.8 Å². The van der Waals surface area contributed by atoms with Crippen molar-refractivity contribution in [1.82, 2.24) is 5.06 Å². The summed E-state index contributed by atoms with van der Waals surface area (Å²) in [4.78, 5) is 16.5. The molecule has 0 heterocycles. The van der Waals surface area contributed by atoms with Crippen molar-refractivity contribution >= 4 is 5.91 Å². The number of benzene rings is 1. The number of halogens is 1. The fourth-order valence-electron chi connectivity index (χ4n) is 1.91. The first-order chi connectivity index (χ1) is 7.65. The lowest BCUT2D eigenvalue weighted by atomic mass is 10.1. The Morgan fingerprint density at radius 3 is 2.81 bits per heavy atom. The zero-order valence-corrected chi connectivity index (χ0v) is 9.31. The van der Waals surface area contributed by atoms with Gasteiger partial charge < -0.3 is 0 Å². The monoisotopic (exact) mass is 223 g/mol. The van der Waals surface area contributed by atoms with Crippen LogP contribution in [0.4, 0.5) is 4.39 Å². The normalized spacial score (nSPS) is 22.9. The minimum Gasteiger partial charge on any atom is -0.275 e. The Morgan fingerprint density at radius 1 is 1.50 bits per heavy atom. The van der Waals surface area contributed by atoms with Crippen molar-refractivity contribution in [3.8, 4) is 0 Å². The smallest absolute Gasteiger partial charge is 0.249 e. The summed E-state index contributed by atoms with van der Waals surface area (Å²) in [5.41, 5.74) is 0.630. The van der Waals surface area contributed by atoms with E-state index in [0.717, 1.165) is 0 Å². The molecule has 3 nitrogen and oxygen atoms in total. The van der Waals surface area contributed by atoms with Crippen LogP contribution < -0.4 is 0 Å². The molecule has 1 aromatic rings. The van der Waals surface area contributed by atoms with E-state index < -0.39 is 0 Å². The van der Waals surface area contributed by atoms with Crippen molar-refractivity contribution < 1.29 is 14.0 Å². The third kappa shape index (κ3) is 1.93. The molecule has 0 N–H and O–H groups in total. The Balaban J connectivity index is 2.07. The maximum absolute atomic E-state index is 13.4. The van der Waals surface area contributed by atoms with Crippen molar-refractivity contribution in [3.63, 3.8) is 0 Å². The lowest BCUT2D eigenvalue weighted by Gasteiger charge is -2.13. The lowest BCUT2D eigenvalue weighted by molar-refractivity contribution is -0.170. The van der Waals surface area contributed by atoms with Crippen molar-refractivity contribution in [2.24, 2.45) is 5.92 Å². The van der Waals surface area contributed by atoms with Gasteiger partial charge in [-0.3, -0.25) is 9.63 Å². The Morgan fingerprint density at radius 2 is 2.19 bits per heavy atom. The molecule has 1 amide bonds. The summed E-state index contributed by atoms with van der Waals surface area (Å²) in [7, 11) is 3.01. The van der Waals surface area contributed by atoms with Gasteiger partial charge in [-0.05, 0) is 24.0 Å². The van der Waals surface area contributed by atoms with Crippen LogP contribution in [0.15, 0.2) is 24.3 Å². The van der Waals surface area contributed by atoms with Gasteiger partial charge in [0, 0.05) is 13.0 Å². The SMILES string of the molecule is CON(C)C(=O)[C@H]1C[C@@H]1c1ccccc1F. The predicted molar refractivity (Wildman–Crippen MR) is 57.0 cm³/mol. The fraction of sp³-hybridized carbons (Fsp3) is 0.417. The number of hydroxylamine groups is 2. The summed E-state index contributed by atoms with van der Waals surface area (Å²) in [6.07, 6.45) is 0.702. The number of rotatable bonds is 3. The van der Waals surface area contributed by atoms with Gasteiger partial charge in [0.15, 0.2) is 0 Å². The molecule has 0 radical (unpaired) electrons. The molecule has 1 saturated carbocycles. The van der Waals surface area contributed by atoms with E-state index in [9.17, 15) is 9.18 Å². The van der Waals surface area contributed by atoms with Crippen molar-refractivity contribution in [1.29, 1.82) is 0 Å². The van der Waals surface area contributed by atoms with E-state index in [2.05, 4.69) is 0 Å². The first-order valence-corrected chi connectivity index (χ1v) is 5.21. The van der Waals surface area contributed by atoms with Crippen LogP contribution in [-0.2, 0) is 9.63 Å². The van der Waals surface area contributed by atoms with E-state index in [4.69, 9.17) is 4.84 Å². The predicted octanol–water partition coefficient (Wildman–Crippen LogP) is 1.95. The number of carbonyl (C=O) groups is 1. The maximum Gasteiger partial charge on any atom is 0.249 e. The van der Waals surface area contributed by atoms with Crippen LogP contribution in [-0.4, -0.2) is 25.1 Å². The van der Waals surface area contributed by atoms with Crippen molar-refractivity contribution in [3.05, 3.63) is 35.6 Å². The molecular formula is C12H14FNO2. The van der Waals surface area contributed by atoms with Gasteiger partial charge in [0.05, 0.1) is 7.11 Å². The molecule has 4 heteroatoms. The topological polar surface area (TPSA) is 29.5 Å². The van der Waals surface area contributed by atoms with Gasteiger partial charge in [0.1, 0.15) is 5.82 Å². The second kappa shape index (κ2) is 4.22. The van der Waals surface area contributed by atoms with Gasteiger partial charge in [-0.2, -0.15) is 0 Å². The van der Waals surface area contributed by atoms with Crippen LogP contribution in [0.5, 0.6) is 0 Å². The summed E-state index contributed by atoms with van der Waals surface area (Å²) in [5, 5.41) is 1.20. The molecule has 2 rings (SSSR count). The van der Waals surface area contributed by atoms with E-state index >= 15 is 0 Å². The van der Waals surface area contributed by atoms with Gasteiger partial charge >= 0.3 is 0 Å². The highest BCUT2D eigenvalue weighted by Crippen LogP contribution is 2.49. The summed E-state index contributed by atoms with van der Waals surface area (Å²) in [6, 6.07) is 6.60. The van der Waals surface area contributed by atoms with E-state index in [1.54, 1.807) is 25.2 Å². The molecule has 16 heavy (non-hydrogen) atoms. The molecule has 0 bridgehead atoms. The molecule has 1 fully saturated rings. The second-order valence-electron chi connectivity index (χ2n) is 3.99. The molecule has 0 saturated heterocycles. The van der Waals surface area contributed by atoms with Crippen LogP contribution in [0, 0.1) is 11.7 Å².